The topological polar surface area (TPSA) is 30.2 Å². The summed E-state index contributed by atoms with van der Waals surface area (Å²) in [5.74, 6) is 0.789. The molecular formula is C13H9ClO2. The monoisotopic (exact) mass is 232 g/mol. The first-order valence-corrected chi connectivity index (χ1v) is 5.15. The second-order valence-corrected chi connectivity index (χ2v) is 3.59. The van der Waals surface area contributed by atoms with Crippen molar-refractivity contribution in [3.8, 4) is 0 Å². The van der Waals surface area contributed by atoms with Gasteiger partial charge in [0, 0.05) is 5.56 Å². The molecule has 0 bridgehead atoms. The van der Waals surface area contributed by atoms with Gasteiger partial charge in [-0.25, -0.2) is 0 Å². The van der Waals surface area contributed by atoms with E-state index in [9.17, 15) is 4.79 Å². The summed E-state index contributed by atoms with van der Waals surface area (Å²) < 4.78 is 5.16. The number of carbonyl (C=O) groups is 1. The standard InChI is InChI=1S/C13H9ClO2/c14-13(15)11-6-3-10(4-7-11)5-8-12-2-1-9-16-12/h1-9H. The van der Waals surface area contributed by atoms with Crippen molar-refractivity contribution in [3.63, 3.8) is 0 Å². The zero-order valence-corrected chi connectivity index (χ0v) is 9.15. The van der Waals surface area contributed by atoms with Crippen LogP contribution >= 0.6 is 11.6 Å². The molecule has 0 saturated heterocycles. The van der Waals surface area contributed by atoms with Crippen molar-refractivity contribution in [2.75, 3.05) is 0 Å². The first-order chi connectivity index (χ1) is 7.75. The molecule has 0 unspecified atom stereocenters. The molecule has 0 aliphatic rings. The van der Waals surface area contributed by atoms with E-state index in [1.807, 2.05) is 36.4 Å². The van der Waals surface area contributed by atoms with Crippen molar-refractivity contribution < 1.29 is 9.21 Å². The van der Waals surface area contributed by atoms with Crippen molar-refractivity contribution in [1.29, 1.82) is 0 Å². The second kappa shape index (κ2) is 4.81. The molecule has 1 heterocycles. The quantitative estimate of drug-likeness (QED) is 0.753. The summed E-state index contributed by atoms with van der Waals surface area (Å²) in [6, 6.07) is 10.7. The highest BCUT2D eigenvalue weighted by Gasteiger charge is 1.99. The van der Waals surface area contributed by atoms with Gasteiger partial charge in [-0.1, -0.05) is 18.2 Å². The van der Waals surface area contributed by atoms with Crippen LogP contribution in [-0.4, -0.2) is 5.24 Å². The Bertz CT molecular complexity index is 495. The fraction of sp³-hybridized carbons (Fsp3) is 0. The van der Waals surface area contributed by atoms with E-state index in [0.29, 0.717) is 5.56 Å². The highest BCUT2D eigenvalue weighted by molar-refractivity contribution is 6.67. The Hall–Kier alpha value is -1.80. The lowest BCUT2D eigenvalue weighted by molar-refractivity contribution is 0.108. The zero-order chi connectivity index (χ0) is 11.4. The van der Waals surface area contributed by atoms with E-state index in [1.54, 1.807) is 18.4 Å². The minimum absolute atomic E-state index is 0.443. The summed E-state index contributed by atoms with van der Waals surface area (Å²) in [7, 11) is 0. The lowest BCUT2D eigenvalue weighted by Gasteiger charge is -1.95. The summed E-state index contributed by atoms with van der Waals surface area (Å²) >= 11 is 5.34. The van der Waals surface area contributed by atoms with Gasteiger partial charge in [0.1, 0.15) is 5.76 Å². The lowest BCUT2D eigenvalue weighted by atomic mass is 10.1. The normalized spacial score (nSPS) is 10.8. The SMILES string of the molecule is O=C(Cl)c1ccc(C=Cc2ccco2)cc1. The summed E-state index contributed by atoms with van der Waals surface area (Å²) in [5, 5.41) is -0.443. The predicted octanol–water partition coefficient (Wildman–Crippen LogP) is 3.83. The Labute approximate surface area is 98.2 Å². The molecule has 1 aromatic heterocycles. The largest absolute Gasteiger partial charge is 0.465 e. The molecule has 3 heteroatoms. The Kier molecular flexibility index (Phi) is 3.22. The average molecular weight is 233 g/mol. The van der Waals surface area contributed by atoms with Crippen LogP contribution in [0.3, 0.4) is 0 Å². The maximum absolute atomic E-state index is 10.8. The van der Waals surface area contributed by atoms with Gasteiger partial charge in [0.25, 0.3) is 5.24 Å². The first-order valence-electron chi connectivity index (χ1n) is 4.77. The van der Waals surface area contributed by atoms with Crippen molar-refractivity contribution in [1.82, 2.24) is 0 Å². The van der Waals surface area contributed by atoms with E-state index >= 15 is 0 Å². The summed E-state index contributed by atoms with van der Waals surface area (Å²) in [4.78, 5) is 10.8. The van der Waals surface area contributed by atoms with Gasteiger partial charge in [-0.2, -0.15) is 0 Å². The Morgan fingerprint density at radius 3 is 2.44 bits per heavy atom. The molecule has 2 aromatic rings. The Balaban J connectivity index is 2.14. The van der Waals surface area contributed by atoms with Crippen LogP contribution in [0.5, 0.6) is 0 Å². The van der Waals surface area contributed by atoms with Crippen LogP contribution in [-0.2, 0) is 0 Å². The molecule has 0 N–H and O–H groups in total. The molecule has 0 saturated carbocycles. The number of carbonyl (C=O) groups excluding carboxylic acids is 1. The minimum atomic E-state index is -0.443. The van der Waals surface area contributed by atoms with Crippen LogP contribution in [0.1, 0.15) is 21.7 Å². The van der Waals surface area contributed by atoms with Gasteiger partial charge in [0.2, 0.25) is 0 Å². The average Bonchev–Trinajstić information content (AvgIpc) is 2.80. The maximum atomic E-state index is 10.8. The molecule has 2 rings (SSSR count). The highest BCUT2D eigenvalue weighted by Crippen LogP contribution is 2.11. The molecule has 2 nitrogen and oxygen atoms in total. The molecular weight excluding hydrogens is 224 g/mol. The predicted molar refractivity (Wildman–Crippen MR) is 64.3 cm³/mol. The van der Waals surface area contributed by atoms with E-state index in [1.165, 1.54) is 0 Å². The first kappa shape index (κ1) is 10.7. The van der Waals surface area contributed by atoms with Gasteiger partial charge in [0.05, 0.1) is 6.26 Å². The van der Waals surface area contributed by atoms with Crippen molar-refractivity contribution >= 4 is 29.0 Å². The van der Waals surface area contributed by atoms with Crippen LogP contribution in [0.25, 0.3) is 12.2 Å². The molecule has 0 atom stereocenters. The van der Waals surface area contributed by atoms with E-state index in [2.05, 4.69) is 0 Å². The molecule has 0 aliphatic carbocycles. The maximum Gasteiger partial charge on any atom is 0.252 e. The summed E-state index contributed by atoms with van der Waals surface area (Å²) in [6.45, 7) is 0. The highest BCUT2D eigenvalue weighted by atomic mass is 35.5. The van der Waals surface area contributed by atoms with Gasteiger partial charge in [0.15, 0.2) is 0 Å². The van der Waals surface area contributed by atoms with E-state index in [0.717, 1.165) is 11.3 Å². The molecule has 1 aromatic carbocycles. The van der Waals surface area contributed by atoms with E-state index < -0.39 is 5.24 Å². The van der Waals surface area contributed by atoms with E-state index in [-0.39, 0.29) is 0 Å². The van der Waals surface area contributed by atoms with Crippen LogP contribution < -0.4 is 0 Å². The fourth-order valence-electron chi connectivity index (χ4n) is 1.29. The van der Waals surface area contributed by atoms with Gasteiger partial charge in [-0.15, -0.1) is 0 Å². The fourth-order valence-corrected chi connectivity index (χ4v) is 1.42. The van der Waals surface area contributed by atoms with Crippen LogP contribution in [0.15, 0.2) is 47.1 Å². The molecule has 0 fully saturated rings. The third kappa shape index (κ3) is 2.61. The Morgan fingerprint density at radius 2 is 1.88 bits per heavy atom. The third-order valence-electron chi connectivity index (χ3n) is 2.12. The number of furan rings is 1. The molecule has 0 radical (unpaired) electrons. The van der Waals surface area contributed by atoms with Gasteiger partial charge in [-0.3, -0.25) is 4.79 Å². The van der Waals surface area contributed by atoms with Crippen LogP contribution in [0.4, 0.5) is 0 Å². The zero-order valence-electron chi connectivity index (χ0n) is 8.39. The lowest BCUT2D eigenvalue weighted by Crippen LogP contribution is -1.86. The number of hydrogen-bond acceptors (Lipinski definition) is 2. The molecule has 0 amide bonds. The number of benzene rings is 1. The van der Waals surface area contributed by atoms with E-state index in [4.69, 9.17) is 16.0 Å². The Morgan fingerprint density at radius 1 is 1.12 bits per heavy atom. The smallest absolute Gasteiger partial charge is 0.252 e. The molecule has 0 aliphatic heterocycles. The minimum Gasteiger partial charge on any atom is -0.465 e. The number of rotatable bonds is 3. The third-order valence-corrected chi connectivity index (χ3v) is 2.34. The van der Waals surface area contributed by atoms with Gasteiger partial charge in [-0.05, 0) is 47.5 Å². The van der Waals surface area contributed by atoms with Crippen molar-refractivity contribution in [2.24, 2.45) is 0 Å². The summed E-state index contributed by atoms with van der Waals surface area (Å²) in [6.07, 6.45) is 5.38. The molecule has 80 valence electrons. The van der Waals surface area contributed by atoms with Gasteiger partial charge >= 0.3 is 0 Å². The van der Waals surface area contributed by atoms with Gasteiger partial charge < -0.3 is 4.42 Å². The molecule has 16 heavy (non-hydrogen) atoms. The number of hydrogen-bond donors (Lipinski definition) is 0. The van der Waals surface area contributed by atoms with Crippen molar-refractivity contribution in [3.05, 3.63) is 59.5 Å². The molecule has 0 spiro atoms. The van der Waals surface area contributed by atoms with Crippen LogP contribution in [0.2, 0.25) is 0 Å². The summed E-state index contributed by atoms with van der Waals surface area (Å²) in [5.41, 5.74) is 1.48. The van der Waals surface area contributed by atoms with Crippen LogP contribution in [0, 0.1) is 0 Å². The van der Waals surface area contributed by atoms with Crippen molar-refractivity contribution in [2.45, 2.75) is 0 Å². The number of halogens is 1. The second-order valence-electron chi connectivity index (χ2n) is 3.24.